The normalized spacial score (nSPS) is 12.0. The summed E-state index contributed by atoms with van der Waals surface area (Å²) in [4.78, 5) is 20.6. The molecule has 1 aromatic heterocycles. The van der Waals surface area contributed by atoms with Crippen LogP contribution in [-0.2, 0) is 10.9 Å². The highest BCUT2D eigenvalue weighted by Gasteiger charge is 2.31. The highest BCUT2D eigenvalue weighted by atomic mass is 35.5. The Morgan fingerprint density at radius 3 is 2.32 bits per heavy atom. The van der Waals surface area contributed by atoms with E-state index in [4.69, 9.17) is 16.3 Å². The van der Waals surface area contributed by atoms with Crippen LogP contribution in [0.1, 0.15) is 39.2 Å². The first-order valence-corrected chi connectivity index (χ1v) is 11.2. The van der Waals surface area contributed by atoms with E-state index in [1.807, 2.05) is 0 Å². The Bertz CT molecular complexity index is 1150. The van der Waals surface area contributed by atoms with Crippen LogP contribution in [0.25, 0.3) is 22.3 Å². The number of fused-ring (bicyclic) bond motifs is 1. The van der Waals surface area contributed by atoms with Crippen molar-refractivity contribution in [2.75, 3.05) is 18.4 Å². The van der Waals surface area contributed by atoms with E-state index in [9.17, 15) is 18.0 Å². The van der Waals surface area contributed by atoms with Crippen molar-refractivity contribution >= 4 is 34.4 Å². The number of carbonyl (C=O) groups excluding carboxylic acids is 1. The van der Waals surface area contributed by atoms with Gasteiger partial charge in [-0.25, -0.2) is 14.8 Å². The Kier molecular flexibility index (Phi) is 7.86. The zero-order chi connectivity index (χ0) is 24.9. The summed E-state index contributed by atoms with van der Waals surface area (Å²) in [6, 6.07) is 10.2. The number of unbranched alkanes of at least 4 members (excludes halogenated alkanes) is 1. The number of alkyl halides is 3. The van der Waals surface area contributed by atoms with Gasteiger partial charge in [-0.2, -0.15) is 13.2 Å². The average molecular weight is 495 g/mol. The molecule has 0 bridgehead atoms. The van der Waals surface area contributed by atoms with E-state index in [1.54, 1.807) is 45.0 Å². The first-order valence-electron chi connectivity index (χ1n) is 10.8. The fourth-order valence-electron chi connectivity index (χ4n) is 3.13. The molecule has 1 heterocycles. The van der Waals surface area contributed by atoms with Crippen LogP contribution >= 0.6 is 11.6 Å². The molecule has 0 saturated heterocycles. The van der Waals surface area contributed by atoms with Gasteiger partial charge in [0.15, 0.2) is 5.82 Å². The minimum atomic E-state index is -4.48. The molecule has 0 aliphatic heterocycles. The largest absolute Gasteiger partial charge is 0.444 e. The molecule has 0 radical (unpaired) electrons. The number of hydrogen-bond donors (Lipinski definition) is 2. The van der Waals surface area contributed by atoms with Gasteiger partial charge in [0.25, 0.3) is 0 Å². The zero-order valence-electron chi connectivity index (χ0n) is 19.1. The van der Waals surface area contributed by atoms with E-state index in [-0.39, 0.29) is 11.3 Å². The summed E-state index contributed by atoms with van der Waals surface area (Å²) in [5, 5.41) is 6.90. The summed E-state index contributed by atoms with van der Waals surface area (Å²) in [7, 11) is 0. The van der Waals surface area contributed by atoms with Crippen molar-refractivity contribution in [1.82, 2.24) is 15.3 Å². The Hall–Kier alpha value is -3.07. The Balaban J connectivity index is 1.73. The molecule has 0 spiro atoms. The van der Waals surface area contributed by atoms with Gasteiger partial charge in [0, 0.05) is 29.1 Å². The van der Waals surface area contributed by atoms with Crippen molar-refractivity contribution in [3.63, 3.8) is 0 Å². The van der Waals surface area contributed by atoms with Gasteiger partial charge >= 0.3 is 12.3 Å². The van der Waals surface area contributed by atoms with Crippen molar-refractivity contribution in [2.45, 2.75) is 45.4 Å². The monoisotopic (exact) mass is 494 g/mol. The smallest absolute Gasteiger partial charge is 0.416 e. The number of nitrogens with one attached hydrogen (secondary N) is 2. The standard InChI is InChI=1S/C24H26ClF3N4O2/c1-23(2,3)34-22(33)30-13-5-4-12-29-21-18-11-8-16(24(26,27)28)14-19(18)31-20(32-21)15-6-9-17(25)10-7-15/h6-11,14H,4-5,12-13H2,1-3H3,(H,30,33)(H,29,31,32). The Labute approximate surface area is 200 Å². The number of ether oxygens (including phenoxy) is 1. The van der Waals surface area contributed by atoms with Gasteiger partial charge in [-0.15, -0.1) is 0 Å². The van der Waals surface area contributed by atoms with Gasteiger partial charge < -0.3 is 15.4 Å². The molecule has 1 amide bonds. The van der Waals surface area contributed by atoms with Crippen LogP contribution in [0.4, 0.5) is 23.8 Å². The molecule has 3 aromatic rings. The number of alkyl carbamates (subject to hydrolysis) is 1. The van der Waals surface area contributed by atoms with Crippen LogP contribution < -0.4 is 10.6 Å². The first-order chi connectivity index (χ1) is 15.9. The van der Waals surface area contributed by atoms with Gasteiger partial charge in [-0.05, 0) is 76.1 Å². The molecule has 34 heavy (non-hydrogen) atoms. The lowest BCUT2D eigenvalue weighted by atomic mass is 10.1. The number of rotatable bonds is 7. The lowest BCUT2D eigenvalue weighted by Crippen LogP contribution is -2.33. The topological polar surface area (TPSA) is 76.1 Å². The maximum absolute atomic E-state index is 13.2. The molecule has 2 N–H and O–H groups in total. The summed E-state index contributed by atoms with van der Waals surface area (Å²) >= 11 is 5.95. The summed E-state index contributed by atoms with van der Waals surface area (Å²) < 4.78 is 44.9. The Morgan fingerprint density at radius 2 is 1.68 bits per heavy atom. The number of amides is 1. The van der Waals surface area contributed by atoms with Crippen LogP contribution in [-0.4, -0.2) is 34.8 Å². The highest BCUT2D eigenvalue weighted by molar-refractivity contribution is 6.30. The third kappa shape index (κ3) is 7.21. The lowest BCUT2D eigenvalue weighted by molar-refractivity contribution is -0.137. The van der Waals surface area contributed by atoms with Crippen LogP contribution in [0.5, 0.6) is 0 Å². The number of hydrogen-bond acceptors (Lipinski definition) is 5. The fraction of sp³-hybridized carbons (Fsp3) is 0.375. The SMILES string of the molecule is CC(C)(C)OC(=O)NCCCCNc1nc(-c2ccc(Cl)cc2)nc2cc(C(F)(F)F)ccc12. The van der Waals surface area contributed by atoms with Crippen molar-refractivity contribution in [3.05, 3.63) is 53.1 Å². The van der Waals surface area contributed by atoms with Crippen molar-refractivity contribution in [3.8, 4) is 11.4 Å². The van der Waals surface area contributed by atoms with Crippen molar-refractivity contribution in [2.24, 2.45) is 0 Å². The molecular weight excluding hydrogens is 469 g/mol. The number of halogens is 4. The van der Waals surface area contributed by atoms with E-state index in [2.05, 4.69) is 20.6 Å². The molecule has 0 atom stereocenters. The molecule has 0 aliphatic carbocycles. The summed E-state index contributed by atoms with van der Waals surface area (Å²) in [5.41, 5.74) is -0.523. The van der Waals surface area contributed by atoms with E-state index in [0.717, 1.165) is 12.1 Å². The second kappa shape index (κ2) is 10.5. The lowest BCUT2D eigenvalue weighted by Gasteiger charge is -2.19. The number of carbonyl (C=O) groups is 1. The van der Waals surface area contributed by atoms with Crippen LogP contribution in [0.3, 0.4) is 0 Å². The average Bonchev–Trinajstić information content (AvgIpc) is 2.74. The maximum Gasteiger partial charge on any atom is 0.416 e. The second-order valence-corrected chi connectivity index (χ2v) is 9.13. The van der Waals surface area contributed by atoms with Crippen molar-refractivity contribution < 1.29 is 22.7 Å². The third-order valence-electron chi connectivity index (χ3n) is 4.69. The predicted octanol–water partition coefficient (Wildman–Crippen LogP) is 6.69. The van der Waals surface area contributed by atoms with Gasteiger partial charge in [0.2, 0.25) is 0 Å². The molecular formula is C24H26ClF3N4O2. The van der Waals surface area contributed by atoms with Crippen LogP contribution in [0.2, 0.25) is 5.02 Å². The summed E-state index contributed by atoms with van der Waals surface area (Å²) in [6.07, 6.45) is -3.58. The van der Waals surface area contributed by atoms with Gasteiger partial charge in [-0.1, -0.05) is 11.6 Å². The second-order valence-electron chi connectivity index (χ2n) is 8.69. The molecule has 0 unspecified atom stereocenters. The van der Waals surface area contributed by atoms with Crippen LogP contribution in [0.15, 0.2) is 42.5 Å². The van der Waals surface area contributed by atoms with Crippen LogP contribution in [0, 0.1) is 0 Å². The quantitative estimate of drug-likeness (QED) is 0.358. The van der Waals surface area contributed by atoms with E-state index in [1.165, 1.54) is 6.07 Å². The third-order valence-corrected chi connectivity index (χ3v) is 4.94. The molecule has 10 heteroatoms. The van der Waals surface area contributed by atoms with Gasteiger partial charge in [0.05, 0.1) is 11.1 Å². The number of benzene rings is 2. The minimum Gasteiger partial charge on any atom is -0.444 e. The highest BCUT2D eigenvalue weighted by Crippen LogP contribution is 2.33. The molecule has 2 aromatic carbocycles. The van der Waals surface area contributed by atoms with E-state index < -0.39 is 23.4 Å². The number of aromatic nitrogens is 2. The van der Waals surface area contributed by atoms with E-state index in [0.29, 0.717) is 47.7 Å². The van der Waals surface area contributed by atoms with Crippen molar-refractivity contribution in [1.29, 1.82) is 0 Å². The Morgan fingerprint density at radius 1 is 1.00 bits per heavy atom. The zero-order valence-corrected chi connectivity index (χ0v) is 19.8. The van der Waals surface area contributed by atoms with Gasteiger partial charge in [0.1, 0.15) is 11.4 Å². The fourth-order valence-corrected chi connectivity index (χ4v) is 3.26. The van der Waals surface area contributed by atoms with E-state index >= 15 is 0 Å². The molecule has 0 fully saturated rings. The molecule has 0 aliphatic rings. The summed E-state index contributed by atoms with van der Waals surface area (Å²) in [5.74, 6) is 0.723. The predicted molar refractivity (Wildman–Crippen MR) is 127 cm³/mol. The number of nitrogens with zero attached hydrogens (tertiary/aromatic N) is 2. The first kappa shape index (κ1) is 25.6. The molecule has 0 saturated carbocycles. The number of anilines is 1. The minimum absolute atomic E-state index is 0.184. The molecule has 6 nitrogen and oxygen atoms in total. The van der Waals surface area contributed by atoms with Gasteiger partial charge in [-0.3, -0.25) is 0 Å². The molecule has 3 rings (SSSR count). The molecule has 182 valence electrons. The maximum atomic E-state index is 13.2. The summed E-state index contributed by atoms with van der Waals surface area (Å²) in [6.45, 7) is 6.31.